The van der Waals surface area contributed by atoms with Crippen molar-refractivity contribution >= 4 is 15.9 Å². The Balaban J connectivity index is 1.99. The van der Waals surface area contributed by atoms with Crippen molar-refractivity contribution in [2.45, 2.75) is 13.0 Å². The molecule has 106 valence electrons. The summed E-state index contributed by atoms with van der Waals surface area (Å²) in [5, 5.41) is 6.88. The normalized spacial score (nSPS) is 20.2. The van der Waals surface area contributed by atoms with E-state index in [0.717, 1.165) is 24.1 Å². The van der Waals surface area contributed by atoms with Gasteiger partial charge in [-0.3, -0.25) is 0 Å². The van der Waals surface area contributed by atoms with E-state index in [-0.39, 0.29) is 0 Å². The van der Waals surface area contributed by atoms with Crippen LogP contribution in [-0.2, 0) is 0 Å². The van der Waals surface area contributed by atoms with Crippen molar-refractivity contribution in [1.29, 1.82) is 0 Å². The smallest absolute Gasteiger partial charge is 0.0356 e. The van der Waals surface area contributed by atoms with Crippen LogP contribution in [0, 0.1) is 5.92 Å². The van der Waals surface area contributed by atoms with E-state index in [1.165, 1.54) is 18.7 Å². The standard InChI is InChI=1S/C15H24BrN3/c1-12(11-19-8-6-18-7-9-19)15(17-2)13-4-3-5-14(16)10-13/h3-5,10,12,15,17-18H,6-9,11H2,1-2H3. The second-order valence-electron chi connectivity index (χ2n) is 5.35. The summed E-state index contributed by atoms with van der Waals surface area (Å²) >= 11 is 3.56. The summed E-state index contributed by atoms with van der Waals surface area (Å²) < 4.78 is 1.15. The van der Waals surface area contributed by atoms with Gasteiger partial charge >= 0.3 is 0 Å². The molecule has 19 heavy (non-hydrogen) atoms. The quantitative estimate of drug-likeness (QED) is 0.869. The summed E-state index contributed by atoms with van der Waals surface area (Å²) in [5.74, 6) is 0.595. The van der Waals surface area contributed by atoms with Gasteiger partial charge < -0.3 is 15.5 Å². The molecule has 1 saturated heterocycles. The van der Waals surface area contributed by atoms with Gasteiger partial charge in [0.05, 0.1) is 0 Å². The number of hydrogen-bond acceptors (Lipinski definition) is 3. The Morgan fingerprint density at radius 3 is 2.74 bits per heavy atom. The molecule has 1 aliphatic rings. The van der Waals surface area contributed by atoms with E-state index in [2.05, 4.69) is 69.7 Å². The first-order chi connectivity index (χ1) is 9.20. The van der Waals surface area contributed by atoms with Gasteiger partial charge in [0.25, 0.3) is 0 Å². The highest BCUT2D eigenvalue weighted by Gasteiger charge is 2.21. The highest BCUT2D eigenvalue weighted by molar-refractivity contribution is 9.10. The lowest BCUT2D eigenvalue weighted by molar-refractivity contribution is 0.192. The largest absolute Gasteiger partial charge is 0.314 e. The number of rotatable bonds is 5. The van der Waals surface area contributed by atoms with Crippen molar-refractivity contribution in [2.75, 3.05) is 39.8 Å². The molecule has 1 aliphatic heterocycles. The van der Waals surface area contributed by atoms with Crippen molar-refractivity contribution in [3.63, 3.8) is 0 Å². The maximum atomic E-state index is 3.56. The molecule has 1 fully saturated rings. The van der Waals surface area contributed by atoms with Gasteiger partial charge in [-0.1, -0.05) is 35.0 Å². The Hall–Kier alpha value is -0.420. The second-order valence-corrected chi connectivity index (χ2v) is 6.26. The first kappa shape index (κ1) is 15.0. The summed E-state index contributed by atoms with van der Waals surface area (Å²) in [6.45, 7) is 8.06. The van der Waals surface area contributed by atoms with E-state index in [4.69, 9.17) is 0 Å². The lowest BCUT2D eigenvalue weighted by atomic mass is 9.94. The Bertz CT molecular complexity index is 391. The minimum Gasteiger partial charge on any atom is -0.314 e. The zero-order valence-electron chi connectivity index (χ0n) is 11.8. The highest BCUT2D eigenvalue weighted by Crippen LogP contribution is 2.25. The van der Waals surface area contributed by atoms with E-state index in [1.807, 2.05) is 0 Å². The van der Waals surface area contributed by atoms with E-state index >= 15 is 0 Å². The van der Waals surface area contributed by atoms with Gasteiger partial charge in [-0.15, -0.1) is 0 Å². The van der Waals surface area contributed by atoms with E-state index < -0.39 is 0 Å². The summed E-state index contributed by atoms with van der Waals surface area (Å²) in [6.07, 6.45) is 0. The SMILES string of the molecule is CNC(c1cccc(Br)c1)C(C)CN1CCNCC1. The molecule has 0 bridgehead atoms. The van der Waals surface area contributed by atoms with Crippen LogP contribution in [-0.4, -0.2) is 44.7 Å². The molecule has 1 heterocycles. The van der Waals surface area contributed by atoms with Gasteiger partial charge in [-0.05, 0) is 30.7 Å². The average Bonchev–Trinajstić information content (AvgIpc) is 2.41. The first-order valence-electron chi connectivity index (χ1n) is 7.06. The zero-order chi connectivity index (χ0) is 13.7. The highest BCUT2D eigenvalue weighted by atomic mass is 79.9. The number of nitrogens with zero attached hydrogens (tertiary/aromatic N) is 1. The molecule has 0 aliphatic carbocycles. The van der Waals surface area contributed by atoms with Gasteiger partial charge in [0.1, 0.15) is 0 Å². The van der Waals surface area contributed by atoms with E-state index in [0.29, 0.717) is 12.0 Å². The molecule has 1 aromatic carbocycles. The summed E-state index contributed by atoms with van der Waals surface area (Å²) in [5.41, 5.74) is 1.36. The predicted octanol–water partition coefficient (Wildman–Crippen LogP) is 2.25. The third kappa shape index (κ3) is 4.28. The molecule has 0 aromatic heterocycles. The fourth-order valence-corrected chi connectivity index (χ4v) is 3.30. The van der Waals surface area contributed by atoms with Gasteiger partial charge in [0.2, 0.25) is 0 Å². The minimum absolute atomic E-state index is 0.410. The summed E-state index contributed by atoms with van der Waals surface area (Å²) in [6, 6.07) is 9.03. The minimum atomic E-state index is 0.410. The topological polar surface area (TPSA) is 27.3 Å². The molecule has 2 rings (SSSR count). The van der Waals surface area contributed by atoms with Crippen LogP contribution in [0.1, 0.15) is 18.5 Å². The fraction of sp³-hybridized carbons (Fsp3) is 0.600. The molecule has 4 heteroatoms. The summed E-state index contributed by atoms with van der Waals surface area (Å²) in [4.78, 5) is 2.56. The van der Waals surface area contributed by atoms with Crippen LogP contribution in [0.3, 0.4) is 0 Å². The van der Waals surface area contributed by atoms with Crippen LogP contribution >= 0.6 is 15.9 Å². The Morgan fingerprint density at radius 2 is 2.11 bits per heavy atom. The lowest BCUT2D eigenvalue weighted by Gasteiger charge is -2.33. The summed E-state index contributed by atoms with van der Waals surface area (Å²) in [7, 11) is 2.06. The predicted molar refractivity (Wildman–Crippen MR) is 84.4 cm³/mol. The molecule has 0 amide bonds. The Labute approximate surface area is 124 Å². The second kappa shape index (κ2) is 7.39. The molecular formula is C15H24BrN3. The fourth-order valence-electron chi connectivity index (χ4n) is 2.89. The maximum absolute atomic E-state index is 3.56. The van der Waals surface area contributed by atoms with Crippen molar-refractivity contribution in [2.24, 2.45) is 5.92 Å². The van der Waals surface area contributed by atoms with Crippen molar-refractivity contribution in [1.82, 2.24) is 15.5 Å². The van der Waals surface area contributed by atoms with Crippen molar-refractivity contribution in [3.8, 4) is 0 Å². The van der Waals surface area contributed by atoms with Gasteiger partial charge in [-0.25, -0.2) is 0 Å². The number of halogens is 1. The molecule has 2 atom stereocenters. The molecule has 0 radical (unpaired) electrons. The first-order valence-corrected chi connectivity index (χ1v) is 7.86. The van der Waals surface area contributed by atoms with Crippen molar-refractivity contribution < 1.29 is 0 Å². The van der Waals surface area contributed by atoms with Crippen LogP contribution in [0.4, 0.5) is 0 Å². The number of piperazine rings is 1. The van der Waals surface area contributed by atoms with Crippen molar-refractivity contribution in [3.05, 3.63) is 34.3 Å². The van der Waals surface area contributed by atoms with E-state index in [9.17, 15) is 0 Å². The molecule has 2 N–H and O–H groups in total. The van der Waals surface area contributed by atoms with E-state index in [1.54, 1.807) is 0 Å². The molecule has 1 aromatic rings. The average molecular weight is 326 g/mol. The molecular weight excluding hydrogens is 302 g/mol. The van der Waals surface area contributed by atoms with Gasteiger partial charge in [0, 0.05) is 43.2 Å². The number of benzene rings is 1. The third-order valence-electron chi connectivity index (χ3n) is 3.84. The molecule has 3 nitrogen and oxygen atoms in total. The van der Waals surface area contributed by atoms with Crippen LogP contribution in [0.5, 0.6) is 0 Å². The number of hydrogen-bond donors (Lipinski definition) is 2. The Kier molecular flexibility index (Phi) is 5.82. The van der Waals surface area contributed by atoms with Crippen LogP contribution in [0.25, 0.3) is 0 Å². The van der Waals surface area contributed by atoms with Crippen LogP contribution in [0.15, 0.2) is 28.7 Å². The maximum Gasteiger partial charge on any atom is 0.0356 e. The van der Waals surface area contributed by atoms with Crippen LogP contribution in [0.2, 0.25) is 0 Å². The lowest BCUT2D eigenvalue weighted by Crippen LogP contribution is -2.46. The Morgan fingerprint density at radius 1 is 1.37 bits per heavy atom. The van der Waals surface area contributed by atoms with Crippen LogP contribution < -0.4 is 10.6 Å². The molecule has 0 saturated carbocycles. The zero-order valence-corrected chi connectivity index (χ0v) is 13.4. The molecule has 2 unspecified atom stereocenters. The number of nitrogens with one attached hydrogen (secondary N) is 2. The monoisotopic (exact) mass is 325 g/mol. The molecule has 0 spiro atoms. The third-order valence-corrected chi connectivity index (χ3v) is 4.34. The van der Waals surface area contributed by atoms with Gasteiger partial charge in [-0.2, -0.15) is 0 Å². The van der Waals surface area contributed by atoms with Gasteiger partial charge in [0.15, 0.2) is 0 Å².